The second-order valence-corrected chi connectivity index (χ2v) is 8.33. The molecule has 0 aliphatic carbocycles. The van der Waals surface area contributed by atoms with E-state index in [0.29, 0.717) is 0 Å². The summed E-state index contributed by atoms with van der Waals surface area (Å²) in [6.45, 7) is -2.33. The average molecular weight is 504 g/mol. The first-order chi connectivity index (χ1) is 16.0. The monoisotopic (exact) mass is 504 g/mol. The Kier molecular flexibility index (Phi) is 9.54. The predicted molar refractivity (Wildman–Crippen MR) is 101 cm³/mol. The van der Waals surface area contributed by atoms with E-state index >= 15 is 0 Å². The molecule has 0 saturated carbocycles. The van der Waals surface area contributed by atoms with Gasteiger partial charge in [0.25, 0.3) is 0 Å². The predicted octanol–water partition coefficient (Wildman–Crippen LogP) is -7.57. The summed E-state index contributed by atoms with van der Waals surface area (Å²) in [7, 11) is 0. The fourth-order valence-electron chi connectivity index (χ4n) is 4.04. The zero-order chi connectivity index (χ0) is 25.3. The zero-order valence-electron chi connectivity index (χ0n) is 17.7. The van der Waals surface area contributed by atoms with Gasteiger partial charge in [0, 0.05) is 0 Å². The fourth-order valence-corrected chi connectivity index (χ4v) is 4.04. The van der Waals surface area contributed by atoms with E-state index in [-0.39, 0.29) is 0 Å². The molecule has 0 bridgehead atoms. The molecule has 0 radical (unpaired) electrons. The van der Waals surface area contributed by atoms with Crippen molar-refractivity contribution < 1.29 is 79.9 Å². The molecule has 200 valence electrons. The van der Waals surface area contributed by atoms with Gasteiger partial charge in [-0.1, -0.05) is 0 Å². The maximum absolute atomic E-state index is 10.7. The van der Waals surface area contributed by atoms with Crippen LogP contribution in [-0.2, 0) is 23.7 Å². The molecule has 3 heterocycles. The lowest BCUT2D eigenvalue weighted by atomic mass is 9.96. The van der Waals surface area contributed by atoms with Crippen LogP contribution < -0.4 is 0 Å². The van der Waals surface area contributed by atoms with Crippen LogP contribution >= 0.6 is 0 Å². The molecule has 0 spiro atoms. The molecule has 16 nitrogen and oxygen atoms in total. The molecule has 0 aromatic heterocycles. The Balaban J connectivity index is 1.78. The Labute approximate surface area is 192 Å². The van der Waals surface area contributed by atoms with E-state index in [4.69, 9.17) is 23.7 Å². The molecule has 3 fully saturated rings. The van der Waals surface area contributed by atoms with Crippen LogP contribution in [-0.4, -0.2) is 168 Å². The molecule has 3 saturated heterocycles. The van der Waals surface area contributed by atoms with Crippen LogP contribution in [0.5, 0.6) is 0 Å². The van der Waals surface area contributed by atoms with Gasteiger partial charge in [0.15, 0.2) is 18.9 Å². The summed E-state index contributed by atoms with van der Waals surface area (Å²) in [6, 6.07) is 0. The van der Waals surface area contributed by atoms with Crippen LogP contribution in [0.25, 0.3) is 0 Å². The van der Waals surface area contributed by atoms with Crippen molar-refractivity contribution in [3.63, 3.8) is 0 Å². The first-order valence-corrected chi connectivity index (χ1v) is 10.6. The number of hydrogen-bond donors (Lipinski definition) is 11. The minimum Gasteiger partial charge on any atom is -0.394 e. The van der Waals surface area contributed by atoms with Crippen molar-refractivity contribution in [1.82, 2.24) is 0 Å². The molecule has 0 unspecified atom stereocenters. The van der Waals surface area contributed by atoms with Crippen LogP contribution in [0.15, 0.2) is 0 Å². The van der Waals surface area contributed by atoms with E-state index < -0.39 is 112 Å². The van der Waals surface area contributed by atoms with Crippen molar-refractivity contribution in [3.05, 3.63) is 0 Å². The molecule has 11 N–H and O–H groups in total. The molecular weight excluding hydrogens is 472 g/mol. The average Bonchev–Trinajstić information content (AvgIpc) is 2.82. The Morgan fingerprint density at radius 1 is 0.441 bits per heavy atom. The van der Waals surface area contributed by atoms with Crippen LogP contribution in [0, 0.1) is 0 Å². The largest absolute Gasteiger partial charge is 0.394 e. The van der Waals surface area contributed by atoms with E-state index in [1.165, 1.54) is 0 Å². The second-order valence-electron chi connectivity index (χ2n) is 8.33. The molecule has 0 aromatic carbocycles. The van der Waals surface area contributed by atoms with E-state index in [1.54, 1.807) is 0 Å². The summed E-state index contributed by atoms with van der Waals surface area (Å²) in [5, 5.41) is 110. The smallest absolute Gasteiger partial charge is 0.187 e. The van der Waals surface area contributed by atoms with Crippen LogP contribution in [0.2, 0.25) is 0 Å². The quantitative estimate of drug-likeness (QED) is 0.154. The topological polar surface area (TPSA) is 269 Å². The summed E-state index contributed by atoms with van der Waals surface area (Å²) >= 11 is 0. The van der Waals surface area contributed by atoms with Gasteiger partial charge in [-0.2, -0.15) is 0 Å². The van der Waals surface area contributed by atoms with Gasteiger partial charge in [-0.15, -0.1) is 0 Å². The van der Waals surface area contributed by atoms with Gasteiger partial charge in [-0.25, -0.2) is 0 Å². The highest BCUT2D eigenvalue weighted by molar-refractivity contribution is 4.96. The minimum absolute atomic E-state index is 0.750. The maximum atomic E-state index is 10.7. The fraction of sp³-hybridized carbons (Fsp3) is 1.00. The van der Waals surface area contributed by atoms with Gasteiger partial charge in [0.1, 0.15) is 73.2 Å². The van der Waals surface area contributed by atoms with Gasteiger partial charge < -0.3 is 79.9 Å². The number of aliphatic hydroxyl groups excluding tert-OH is 11. The lowest BCUT2D eigenvalue weighted by Crippen LogP contribution is -2.66. The van der Waals surface area contributed by atoms with E-state index in [1.807, 2.05) is 0 Å². The summed E-state index contributed by atoms with van der Waals surface area (Å²) in [6.07, 6.45) is -25.5. The van der Waals surface area contributed by atoms with E-state index in [2.05, 4.69) is 0 Å². The minimum atomic E-state index is -1.92. The molecule has 3 aliphatic heterocycles. The molecule has 0 amide bonds. The van der Waals surface area contributed by atoms with Gasteiger partial charge in [-0.05, 0) is 0 Å². The van der Waals surface area contributed by atoms with Crippen LogP contribution in [0.4, 0.5) is 0 Å². The van der Waals surface area contributed by atoms with E-state index in [9.17, 15) is 56.2 Å². The van der Waals surface area contributed by atoms with Crippen LogP contribution in [0.3, 0.4) is 0 Å². The van der Waals surface area contributed by atoms with Crippen molar-refractivity contribution in [1.29, 1.82) is 0 Å². The third kappa shape index (κ3) is 5.37. The van der Waals surface area contributed by atoms with E-state index in [0.717, 1.165) is 0 Å². The Bertz CT molecular complexity index is 639. The number of aliphatic hydroxyl groups is 11. The highest BCUT2D eigenvalue weighted by atomic mass is 16.7. The Morgan fingerprint density at radius 3 is 1.35 bits per heavy atom. The maximum Gasteiger partial charge on any atom is 0.187 e. The number of rotatable bonds is 7. The Hall–Kier alpha value is -0.640. The van der Waals surface area contributed by atoms with Gasteiger partial charge in [0.05, 0.1) is 19.8 Å². The van der Waals surface area contributed by atoms with Crippen LogP contribution in [0.1, 0.15) is 0 Å². The highest BCUT2D eigenvalue weighted by Gasteiger charge is 2.53. The Morgan fingerprint density at radius 2 is 0.853 bits per heavy atom. The normalized spacial score (nSPS) is 52.5. The second kappa shape index (κ2) is 11.6. The van der Waals surface area contributed by atoms with Crippen molar-refractivity contribution >= 4 is 0 Å². The van der Waals surface area contributed by atoms with Crippen molar-refractivity contribution in [3.8, 4) is 0 Å². The van der Waals surface area contributed by atoms with Crippen molar-refractivity contribution in [2.45, 2.75) is 92.1 Å². The summed E-state index contributed by atoms with van der Waals surface area (Å²) in [5.41, 5.74) is 0. The molecule has 0 aromatic rings. The molecule has 3 aliphatic rings. The molecule has 16 heteroatoms. The zero-order valence-corrected chi connectivity index (χ0v) is 17.7. The van der Waals surface area contributed by atoms with Crippen molar-refractivity contribution in [2.24, 2.45) is 0 Å². The first-order valence-electron chi connectivity index (χ1n) is 10.6. The number of ether oxygens (including phenoxy) is 5. The molecule has 15 atom stereocenters. The van der Waals surface area contributed by atoms with Gasteiger partial charge >= 0.3 is 0 Å². The first kappa shape index (κ1) is 27.9. The molecule has 3 rings (SSSR count). The lowest BCUT2D eigenvalue weighted by Gasteiger charge is -2.47. The third-order valence-electron chi connectivity index (χ3n) is 6.09. The standard InChI is InChI=1S/C18H32O16/c19-1-4-7(22)10(25)11(26)17(31-4)34-15-9(24)6(3-21)32-18(13(15)28)33-14-8(23)5(2-20)30-16(29)12(14)27/h4-29H,1-3H2/t4-,5-,6-,7+,8+,9+,10+,11-,12-,13-,14+,15+,16-,17-,18-/m1/s1. The summed E-state index contributed by atoms with van der Waals surface area (Å²) in [5.74, 6) is 0. The highest BCUT2D eigenvalue weighted by Crippen LogP contribution is 2.32. The number of hydrogen-bond acceptors (Lipinski definition) is 16. The third-order valence-corrected chi connectivity index (χ3v) is 6.09. The van der Waals surface area contributed by atoms with Gasteiger partial charge in [0.2, 0.25) is 0 Å². The summed E-state index contributed by atoms with van der Waals surface area (Å²) < 4.78 is 26.2. The SMILES string of the molecule is OC[C@H]1O[C@H](O[C@H]2[C@@H](O)[C@@H](CO)O[C@H](O[C@@H]3[C@@H](O)[C@H](O)O[C@H](CO)[C@@H]3O)[C@@H]2O)[C@H](O)[C@@H](O)[C@H]1O. The van der Waals surface area contributed by atoms with Crippen molar-refractivity contribution in [2.75, 3.05) is 19.8 Å². The molecule has 34 heavy (non-hydrogen) atoms. The van der Waals surface area contributed by atoms with Gasteiger partial charge in [-0.3, -0.25) is 0 Å². The summed E-state index contributed by atoms with van der Waals surface area (Å²) in [4.78, 5) is 0. The lowest BCUT2D eigenvalue weighted by molar-refractivity contribution is -0.379. The molecular formula is C18H32O16.